The summed E-state index contributed by atoms with van der Waals surface area (Å²) in [5.74, 6) is -1.87. The van der Waals surface area contributed by atoms with Crippen molar-refractivity contribution in [1.82, 2.24) is 15.3 Å². The Balaban J connectivity index is 0.000000318. The van der Waals surface area contributed by atoms with Crippen molar-refractivity contribution in [2.24, 2.45) is 0 Å². The molecule has 4 rings (SSSR count). The molecule has 4 heterocycles. The molecule has 0 saturated carbocycles. The van der Waals surface area contributed by atoms with Crippen LogP contribution in [0.1, 0.15) is 31.4 Å². The highest BCUT2D eigenvalue weighted by Crippen LogP contribution is 2.34. The van der Waals surface area contributed by atoms with Gasteiger partial charge in [-0.1, -0.05) is 0 Å². The lowest BCUT2D eigenvalue weighted by atomic mass is 9.98. The molecule has 1 aromatic rings. The quantitative estimate of drug-likeness (QED) is 0.753. The maximum atomic E-state index is 12.4. The van der Waals surface area contributed by atoms with Crippen molar-refractivity contribution in [1.29, 1.82) is 0 Å². The van der Waals surface area contributed by atoms with Crippen LogP contribution in [-0.4, -0.2) is 76.4 Å². The van der Waals surface area contributed by atoms with Crippen LogP contribution < -0.4 is 4.90 Å². The third kappa shape index (κ3) is 5.17. The Morgan fingerprint density at radius 3 is 2.47 bits per heavy atom. The first kappa shape index (κ1) is 22.2. The van der Waals surface area contributed by atoms with Gasteiger partial charge in [0.05, 0.1) is 31.0 Å². The van der Waals surface area contributed by atoms with Crippen LogP contribution in [0.4, 0.5) is 19.0 Å². The Morgan fingerprint density at radius 1 is 1.17 bits per heavy atom. The fourth-order valence-electron chi connectivity index (χ4n) is 3.72. The van der Waals surface area contributed by atoms with Gasteiger partial charge in [-0.3, -0.25) is 9.63 Å². The number of hydroxylamine groups is 2. The standard InChI is InChI=1S/C16H22N4O3.C2HF3O2/c1-11-3-6-15(18-17-11)19-9-7-13-12(19)4-5-14(23-13)16(21)20-8-2-10-22-20;3-2(4,5)1(6)7/h3,6,12-14H,2,4-5,7-10H2,1H3;(H,6,7)/t12-,13-,14-;/m1./s1. The maximum Gasteiger partial charge on any atom is 0.490 e. The van der Waals surface area contributed by atoms with E-state index < -0.39 is 12.1 Å². The summed E-state index contributed by atoms with van der Waals surface area (Å²) in [5, 5.41) is 17.0. The number of carboxylic acids is 1. The van der Waals surface area contributed by atoms with Crippen LogP contribution in [0.5, 0.6) is 0 Å². The van der Waals surface area contributed by atoms with E-state index in [1.54, 1.807) is 0 Å². The lowest BCUT2D eigenvalue weighted by Crippen LogP contribution is -2.48. The number of rotatable bonds is 2. The number of aromatic nitrogens is 2. The van der Waals surface area contributed by atoms with Gasteiger partial charge in [-0.25, -0.2) is 9.86 Å². The number of carbonyl (C=O) groups is 2. The Hall–Kier alpha value is -2.47. The molecular weight excluding hydrogens is 409 g/mol. The number of amides is 1. The fraction of sp³-hybridized carbons (Fsp3) is 0.667. The molecule has 1 N–H and O–H groups in total. The summed E-state index contributed by atoms with van der Waals surface area (Å²) < 4.78 is 37.8. The van der Waals surface area contributed by atoms with Gasteiger partial charge in [0.15, 0.2) is 5.82 Å². The second-order valence-corrected chi connectivity index (χ2v) is 7.25. The van der Waals surface area contributed by atoms with Gasteiger partial charge in [0.1, 0.15) is 6.10 Å². The smallest absolute Gasteiger partial charge is 0.475 e. The molecule has 0 bridgehead atoms. The van der Waals surface area contributed by atoms with Gasteiger partial charge in [-0.15, -0.1) is 5.10 Å². The molecule has 3 saturated heterocycles. The van der Waals surface area contributed by atoms with Crippen molar-refractivity contribution in [2.75, 3.05) is 24.6 Å². The predicted octanol–water partition coefficient (Wildman–Crippen LogP) is 1.71. The average Bonchev–Trinajstić information content (AvgIpc) is 3.37. The largest absolute Gasteiger partial charge is 0.490 e. The van der Waals surface area contributed by atoms with Crippen LogP contribution in [0.3, 0.4) is 0 Å². The molecule has 0 spiro atoms. The molecule has 0 aromatic carbocycles. The molecule has 30 heavy (non-hydrogen) atoms. The Bertz CT molecular complexity index is 755. The number of halogens is 3. The normalized spacial score (nSPS) is 26.1. The summed E-state index contributed by atoms with van der Waals surface area (Å²) in [6.07, 6.45) is -1.86. The molecule has 3 aliphatic heterocycles. The summed E-state index contributed by atoms with van der Waals surface area (Å²) in [4.78, 5) is 28.9. The van der Waals surface area contributed by atoms with Gasteiger partial charge in [0.25, 0.3) is 5.91 Å². The third-order valence-electron chi connectivity index (χ3n) is 5.14. The van der Waals surface area contributed by atoms with Crippen molar-refractivity contribution >= 4 is 17.7 Å². The number of nitrogens with zero attached hydrogens (tertiary/aromatic N) is 4. The van der Waals surface area contributed by atoms with E-state index in [1.165, 1.54) is 5.06 Å². The van der Waals surface area contributed by atoms with Crippen LogP contribution >= 0.6 is 0 Å². The SMILES string of the molecule is Cc1ccc(N2CC[C@H]3O[C@@H](C(=O)N4CCCO4)CC[C@H]32)nn1.O=C(O)C(F)(F)F. The summed E-state index contributed by atoms with van der Waals surface area (Å²) in [6, 6.07) is 4.28. The van der Waals surface area contributed by atoms with Crippen molar-refractivity contribution in [3.05, 3.63) is 17.8 Å². The first-order valence-corrected chi connectivity index (χ1v) is 9.63. The molecule has 3 atom stereocenters. The van der Waals surface area contributed by atoms with Gasteiger partial charge in [0.2, 0.25) is 0 Å². The van der Waals surface area contributed by atoms with Gasteiger partial charge in [-0.05, 0) is 44.7 Å². The zero-order chi connectivity index (χ0) is 21.9. The van der Waals surface area contributed by atoms with Gasteiger partial charge in [0, 0.05) is 6.54 Å². The van der Waals surface area contributed by atoms with Gasteiger partial charge < -0.3 is 14.7 Å². The van der Waals surface area contributed by atoms with E-state index in [-0.39, 0.29) is 24.2 Å². The number of anilines is 1. The molecule has 9 nitrogen and oxygen atoms in total. The number of alkyl halides is 3. The Morgan fingerprint density at radius 2 is 1.90 bits per heavy atom. The minimum atomic E-state index is -5.08. The minimum Gasteiger partial charge on any atom is -0.475 e. The molecule has 0 radical (unpaired) electrons. The molecule has 1 aromatic heterocycles. The zero-order valence-corrected chi connectivity index (χ0v) is 16.3. The van der Waals surface area contributed by atoms with Crippen LogP contribution in [-0.2, 0) is 19.2 Å². The van der Waals surface area contributed by atoms with Crippen molar-refractivity contribution in [3.8, 4) is 0 Å². The minimum absolute atomic E-state index is 0.0190. The third-order valence-corrected chi connectivity index (χ3v) is 5.14. The highest BCUT2D eigenvalue weighted by Gasteiger charge is 2.43. The van der Waals surface area contributed by atoms with E-state index in [0.29, 0.717) is 13.2 Å². The summed E-state index contributed by atoms with van der Waals surface area (Å²) in [6.45, 7) is 4.14. The van der Waals surface area contributed by atoms with E-state index in [2.05, 4.69) is 15.1 Å². The van der Waals surface area contributed by atoms with E-state index in [4.69, 9.17) is 19.5 Å². The first-order valence-electron chi connectivity index (χ1n) is 9.63. The number of hydrogen-bond donors (Lipinski definition) is 1. The molecule has 0 aliphatic carbocycles. The second kappa shape index (κ2) is 9.13. The number of carbonyl (C=O) groups excluding carboxylic acids is 1. The Labute approximate surface area is 170 Å². The lowest BCUT2D eigenvalue weighted by Gasteiger charge is -2.36. The number of hydrogen-bond acceptors (Lipinski definition) is 7. The van der Waals surface area contributed by atoms with Crippen LogP contribution in [0.2, 0.25) is 0 Å². The maximum absolute atomic E-state index is 12.4. The van der Waals surface area contributed by atoms with E-state index in [9.17, 15) is 18.0 Å². The van der Waals surface area contributed by atoms with Gasteiger partial charge >= 0.3 is 12.1 Å². The van der Waals surface area contributed by atoms with Crippen LogP contribution in [0.25, 0.3) is 0 Å². The molecule has 12 heteroatoms. The number of aliphatic carboxylic acids is 1. The summed E-state index contributed by atoms with van der Waals surface area (Å²) >= 11 is 0. The monoisotopic (exact) mass is 432 g/mol. The van der Waals surface area contributed by atoms with Crippen LogP contribution in [0, 0.1) is 6.92 Å². The molecular formula is C18H23F3N4O5. The fourth-order valence-corrected chi connectivity index (χ4v) is 3.72. The summed E-state index contributed by atoms with van der Waals surface area (Å²) in [7, 11) is 0. The van der Waals surface area contributed by atoms with Crippen LogP contribution in [0.15, 0.2) is 12.1 Å². The summed E-state index contributed by atoms with van der Waals surface area (Å²) in [5.41, 5.74) is 0.917. The number of aryl methyl sites for hydroxylation is 1. The van der Waals surface area contributed by atoms with E-state index in [1.807, 2.05) is 19.1 Å². The molecule has 1 amide bonds. The van der Waals surface area contributed by atoms with E-state index >= 15 is 0 Å². The van der Waals surface area contributed by atoms with Crippen molar-refractivity contribution < 1.29 is 37.4 Å². The predicted molar refractivity (Wildman–Crippen MR) is 96.4 cm³/mol. The number of fused-ring (bicyclic) bond motifs is 1. The highest BCUT2D eigenvalue weighted by atomic mass is 19.4. The molecule has 166 valence electrons. The second-order valence-electron chi connectivity index (χ2n) is 7.25. The molecule has 0 unspecified atom stereocenters. The zero-order valence-electron chi connectivity index (χ0n) is 16.3. The van der Waals surface area contributed by atoms with E-state index in [0.717, 1.165) is 43.7 Å². The first-order chi connectivity index (χ1) is 14.2. The van der Waals surface area contributed by atoms with Crippen molar-refractivity contribution in [3.63, 3.8) is 0 Å². The average molecular weight is 432 g/mol. The van der Waals surface area contributed by atoms with Gasteiger partial charge in [-0.2, -0.15) is 18.3 Å². The topological polar surface area (TPSA) is 105 Å². The molecule has 3 aliphatic rings. The van der Waals surface area contributed by atoms with Crippen molar-refractivity contribution in [2.45, 2.75) is 57.0 Å². The molecule has 3 fully saturated rings. The number of carboxylic acid groups (broad SMARTS) is 1. The highest BCUT2D eigenvalue weighted by molar-refractivity contribution is 5.80. The lowest BCUT2D eigenvalue weighted by molar-refractivity contribution is -0.192. The number of ether oxygens (including phenoxy) is 1. The Kier molecular flexibility index (Phi) is 6.76.